The first-order valence-electron chi connectivity index (χ1n) is 10.7. The number of thioether (sulfide) groups is 1. The minimum absolute atomic E-state index is 0.110. The summed E-state index contributed by atoms with van der Waals surface area (Å²) in [5, 5.41) is 4.91. The molecule has 0 aliphatic carbocycles. The minimum atomic E-state index is -3.44. The molecule has 1 fully saturated rings. The van der Waals surface area contributed by atoms with Gasteiger partial charge in [0, 0.05) is 36.3 Å². The number of rotatable bonds is 7. The number of nitrogens with zero attached hydrogens (tertiary/aromatic N) is 2. The van der Waals surface area contributed by atoms with Gasteiger partial charge in [-0.05, 0) is 68.1 Å². The van der Waals surface area contributed by atoms with Gasteiger partial charge in [0.15, 0.2) is 0 Å². The number of hydrogen-bond acceptors (Lipinski definition) is 5. The predicted molar refractivity (Wildman–Crippen MR) is 130 cm³/mol. The van der Waals surface area contributed by atoms with E-state index in [-0.39, 0.29) is 10.8 Å². The first-order valence-corrected chi connectivity index (χ1v) is 13.2. The van der Waals surface area contributed by atoms with Crippen LogP contribution in [0.5, 0.6) is 0 Å². The molecule has 2 heterocycles. The van der Waals surface area contributed by atoms with Crippen molar-refractivity contribution >= 4 is 44.3 Å². The number of pyridine rings is 1. The number of benzene rings is 2. The van der Waals surface area contributed by atoms with E-state index in [1.165, 1.54) is 9.87 Å². The normalized spacial score (nSPS) is 14.7. The monoisotopic (exact) mass is 469 g/mol. The average molecular weight is 470 g/mol. The highest BCUT2D eigenvalue weighted by Gasteiger charge is 2.26. The minimum Gasteiger partial charge on any atom is -0.326 e. The lowest BCUT2D eigenvalue weighted by atomic mass is 10.1. The van der Waals surface area contributed by atoms with E-state index in [9.17, 15) is 13.2 Å². The van der Waals surface area contributed by atoms with Crippen molar-refractivity contribution in [1.82, 2.24) is 9.29 Å². The fraction of sp³-hybridized carbons (Fsp3) is 0.333. The summed E-state index contributed by atoms with van der Waals surface area (Å²) in [4.78, 5) is 17.4. The summed E-state index contributed by atoms with van der Waals surface area (Å²) < 4.78 is 26.7. The largest absolute Gasteiger partial charge is 0.326 e. The molecule has 0 bridgehead atoms. The van der Waals surface area contributed by atoms with E-state index >= 15 is 0 Å². The summed E-state index contributed by atoms with van der Waals surface area (Å²) in [7, 11) is -3.44. The topological polar surface area (TPSA) is 79.4 Å². The maximum absolute atomic E-state index is 12.6. The third kappa shape index (κ3) is 4.98. The zero-order valence-corrected chi connectivity index (χ0v) is 19.9. The summed E-state index contributed by atoms with van der Waals surface area (Å²) in [6.07, 6.45) is 2.14. The van der Waals surface area contributed by atoms with Gasteiger partial charge < -0.3 is 5.32 Å². The van der Waals surface area contributed by atoms with Crippen molar-refractivity contribution in [2.45, 2.75) is 43.0 Å². The van der Waals surface area contributed by atoms with E-state index < -0.39 is 10.0 Å². The first-order chi connectivity index (χ1) is 15.3. The van der Waals surface area contributed by atoms with E-state index in [0.29, 0.717) is 31.0 Å². The summed E-state index contributed by atoms with van der Waals surface area (Å²) in [5.41, 5.74) is 3.91. The molecule has 0 atom stereocenters. The van der Waals surface area contributed by atoms with Crippen LogP contribution in [0.15, 0.2) is 58.5 Å². The molecule has 4 rings (SSSR count). The van der Waals surface area contributed by atoms with Gasteiger partial charge in [-0.25, -0.2) is 13.4 Å². The maximum atomic E-state index is 12.6. The number of anilines is 1. The van der Waals surface area contributed by atoms with Crippen LogP contribution in [0.3, 0.4) is 0 Å². The molecule has 1 aliphatic heterocycles. The van der Waals surface area contributed by atoms with Crippen LogP contribution in [0.25, 0.3) is 10.9 Å². The van der Waals surface area contributed by atoms with Crippen LogP contribution in [0.2, 0.25) is 0 Å². The van der Waals surface area contributed by atoms with Gasteiger partial charge in [-0.3, -0.25) is 4.79 Å². The highest BCUT2D eigenvalue weighted by molar-refractivity contribution is 7.99. The number of nitrogens with one attached hydrogen (secondary N) is 1. The van der Waals surface area contributed by atoms with Gasteiger partial charge in [-0.1, -0.05) is 18.2 Å². The SMILES string of the molecule is Cc1cc(SCCC(=O)Nc2ccc(S(=O)(=O)N3CCCC3)cc2)nc2c(C)cccc12. The van der Waals surface area contributed by atoms with Crippen LogP contribution in [0, 0.1) is 13.8 Å². The molecule has 0 unspecified atom stereocenters. The van der Waals surface area contributed by atoms with Crippen molar-refractivity contribution in [1.29, 1.82) is 0 Å². The van der Waals surface area contributed by atoms with E-state index in [1.54, 1.807) is 36.0 Å². The Hall–Kier alpha value is -2.42. The van der Waals surface area contributed by atoms with Crippen molar-refractivity contribution < 1.29 is 13.2 Å². The quantitative estimate of drug-likeness (QED) is 0.505. The van der Waals surface area contributed by atoms with Gasteiger partial charge in [-0.15, -0.1) is 11.8 Å². The molecule has 6 nitrogen and oxygen atoms in total. The molecular weight excluding hydrogens is 442 g/mol. The zero-order chi connectivity index (χ0) is 22.7. The second-order valence-corrected chi connectivity index (χ2v) is 11.1. The fourth-order valence-electron chi connectivity index (χ4n) is 3.86. The average Bonchev–Trinajstić information content (AvgIpc) is 3.31. The number of para-hydroxylation sites is 1. The molecule has 0 spiro atoms. The molecule has 168 valence electrons. The standard InChI is InChI=1S/C24H27N3O3S2/c1-17-6-5-7-21-18(2)16-23(26-24(17)21)31-15-12-22(28)25-19-8-10-20(11-9-19)32(29,30)27-13-3-4-14-27/h5-11,16H,3-4,12-15H2,1-2H3,(H,25,28). The number of aromatic nitrogens is 1. The summed E-state index contributed by atoms with van der Waals surface area (Å²) >= 11 is 1.56. The number of hydrogen-bond donors (Lipinski definition) is 1. The number of aryl methyl sites for hydroxylation is 2. The number of carbonyl (C=O) groups excluding carboxylic acids is 1. The number of fused-ring (bicyclic) bond motifs is 1. The zero-order valence-electron chi connectivity index (χ0n) is 18.3. The van der Waals surface area contributed by atoms with Gasteiger partial charge in [0.2, 0.25) is 15.9 Å². The summed E-state index contributed by atoms with van der Waals surface area (Å²) in [6.45, 7) is 5.28. The molecule has 1 aromatic heterocycles. The molecule has 1 N–H and O–H groups in total. The van der Waals surface area contributed by atoms with Crippen LogP contribution in [-0.2, 0) is 14.8 Å². The Balaban J connectivity index is 1.32. The maximum Gasteiger partial charge on any atom is 0.243 e. The van der Waals surface area contributed by atoms with E-state index in [1.807, 2.05) is 6.07 Å². The Morgan fingerprint density at radius 2 is 1.78 bits per heavy atom. The van der Waals surface area contributed by atoms with E-state index in [0.717, 1.165) is 34.3 Å². The first kappa shape index (κ1) is 22.8. The van der Waals surface area contributed by atoms with Crippen molar-refractivity contribution in [3.63, 3.8) is 0 Å². The second kappa shape index (κ2) is 9.60. The number of amides is 1. The molecule has 1 amide bonds. The van der Waals surface area contributed by atoms with Crippen LogP contribution in [0.4, 0.5) is 5.69 Å². The van der Waals surface area contributed by atoms with Gasteiger partial charge in [0.1, 0.15) is 0 Å². The summed E-state index contributed by atoms with van der Waals surface area (Å²) in [6, 6.07) is 14.6. The number of sulfonamides is 1. The van der Waals surface area contributed by atoms with E-state index in [4.69, 9.17) is 4.98 Å². The fourth-order valence-corrected chi connectivity index (χ4v) is 6.29. The molecule has 0 radical (unpaired) electrons. The van der Waals surface area contributed by atoms with Crippen molar-refractivity contribution in [3.05, 3.63) is 59.7 Å². The van der Waals surface area contributed by atoms with Crippen LogP contribution < -0.4 is 5.32 Å². The lowest BCUT2D eigenvalue weighted by molar-refractivity contribution is -0.115. The van der Waals surface area contributed by atoms with Crippen molar-refractivity contribution in [2.75, 3.05) is 24.2 Å². The molecular formula is C24H27N3O3S2. The van der Waals surface area contributed by atoms with Crippen LogP contribution >= 0.6 is 11.8 Å². The molecule has 1 saturated heterocycles. The number of carbonyl (C=O) groups is 1. The van der Waals surface area contributed by atoms with Gasteiger partial charge in [-0.2, -0.15) is 4.31 Å². The van der Waals surface area contributed by atoms with Crippen molar-refractivity contribution in [2.24, 2.45) is 0 Å². The van der Waals surface area contributed by atoms with Crippen LogP contribution in [0.1, 0.15) is 30.4 Å². The Bertz CT molecular complexity index is 1240. The van der Waals surface area contributed by atoms with Gasteiger partial charge >= 0.3 is 0 Å². The van der Waals surface area contributed by atoms with Crippen LogP contribution in [-0.4, -0.2) is 42.5 Å². The molecule has 0 saturated carbocycles. The molecule has 3 aromatic rings. The Labute approximate surface area is 193 Å². The third-order valence-corrected chi connectivity index (χ3v) is 8.47. The predicted octanol–water partition coefficient (Wildman–Crippen LogP) is 4.76. The Kier molecular flexibility index (Phi) is 6.83. The van der Waals surface area contributed by atoms with Gasteiger partial charge in [0.05, 0.1) is 15.4 Å². The lowest BCUT2D eigenvalue weighted by Crippen LogP contribution is -2.27. The highest BCUT2D eigenvalue weighted by atomic mass is 32.2. The molecule has 8 heteroatoms. The Morgan fingerprint density at radius 1 is 1.06 bits per heavy atom. The third-order valence-electron chi connectivity index (χ3n) is 5.64. The molecule has 1 aliphatic rings. The highest BCUT2D eigenvalue weighted by Crippen LogP contribution is 2.26. The van der Waals surface area contributed by atoms with E-state index in [2.05, 4.69) is 37.4 Å². The lowest BCUT2D eigenvalue weighted by Gasteiger charge is -2.15. The van der Waals surface area contributed by atoms with Gasteiger partial charge in [0.25, 0.3) is 0 Å². The Morgan fingerprint density at radius 3 is 2.50 bits per heavy atom. The molecule has 32 heavy (non-hydrogen) atoms. The molecule has 2 aromatic carbocycles. The summed E-state index contributed by atoms with van der Waals surface area (Å²) in [5.74, 6) is 0.498. The van der Waals surface area contributed by atoms with Crippen molar-refractivity contribution in [3.8, 4) is 0 Å². The smallest absolute Gasteiger partial charge is 0.243 e. The second-order valence-electron chi connectivity index (χ2n) is 8.03.